The zero-order chi connectivity index (χ0) is 22.5. The summed E-state index contributed by atoms with van der Waals surface area (Å²) < 4.78 is 15.8. The van der Waals surface area contributed by atoms with Crippen molar-refractivity contribution in [1.29, 1.82) is 0 Å². The fourth-order valence-electron chi connectivity index (χ4n) is 3.09. The second-order valence-electron chi connectivity index (χ2n) is 6.83. The third-order valence-electron chi connectivity index (χ3n) is 4.81. The number of anilines is 1. The first kappa shape index (κ1) is 20.9. The molecule has 4 rings (SSSR count). The van der Waals surface area contributed by atoms with Crippen molar-refractivity contribution in [2.75, 3.05) is 19.5 Å². The van der Waals surface area contributed by atoms with Crippen LogP contribution in [0.5, 0.6) is 17.2 Å². The molecule has 4 aromatic rings. The van der Waals surface area contributed by atoms with Gasteiger partial charge in [0, 0.05) is 10.9 Å². The van der Waals surface area contributed by atoms with Crippen molar-refractivity contribution in [2.24, 2.45) is 0 Å². The van der Waals surface area contributed by atoms with Crippen LogP contribution in [0.2, 0.25) is 0 Å². The second-order valence-corrected chi connectivity index (χ2v) is 6.83. The average Bonchev–Trinajstić information content (AvgIpc) is 2.84. The van der Waals surface area contributed by atoms with Crippen molar-refractivity contribution in [2.45, 2.75) is 0 Å². The summed E-state index contributed by atoms with van der Waals surface area (Å²) in [5.74, 6) is 1.11. The number of hydrogen-bond acceptors (Lipinski definition) is 6. The molecule has 1 N–H and O–H groups in total. The first-order chi connectivity index (χ1) is 15.6. The number of hydrogen-bond donors (Lipinski definition) is 1. The van der Waals surface area contributed by atoms with E-state index in [1.54, 1.807) is 87.0 Å². The van der Waals surface area contributed by atoms with Crippen molar-refractivity contribution < 1.29 is 23.8 Å². The molecule has 0 spiro atoms. The summed E-state index contributed by atoms with van der Waals surface area (Å²) in [5, 5.41) is 3.54. The molecule has 160 valence electrons. The van der Waals surface area contributed by atoms with Gasteiger partial charge in [0.15, 0.2) is 5.75 Å². The molecule has 3 aromatic carbocycles. The number of aromatic nitrogens is 1. The molecule has 0 bridgehead atoms. The fraction of sp³-hybridized carbons (Fsp3) is 0.0800. The van der Waals surface area contributed by atoms with Gasteiger partial charge in [-0.15, -0.1) is 0 Å². The van der Waals surface area contributed by atoms with E-state index in [0.29, 0.717) is 39.7 Å². The lowest BCUT2D eigenvalue weighted by Gasteiger charge is -2.10. The number of pyridine rings is 1. The number of methoxy groups -OCH3 is 2. The van der Waals surface area contributed by atoms with Crippen LogP contribution >= 0.6 is 0 Å². The Hall–Kier alpha value is -4.39. The Kier molecular flexibility index (Phi) is 5.98. The van der Waals surface area contributed by atoms with Crippen molar-refractivity contribution in [3.05, 3.63) is 90.0 Å². The highest BCUT2D eigenvalue weighted by Gasteiger charge is 2.14. The molecular formula is C25H20N2O5. The zero-order valence-corrected chi connectivity index (χ0v) is 17.5. The first-order valence-electron chi connectivity index (χ1n) is 9.79. The number of benzene rings is 3. The van der Waals surface area contributed by atoms with Gasteiger partial charge in [-0.2, -0.15) is 0 Å². The highest BCUT2D eigenvalue weighted by Crippen LogP contribution is 2.26. The van der Waals surface area contributed by atoms with Crippen molar-refractivity contribution >= 4 is 28.6 Å². The number of nitrogens with one attached hydrogen (secondary N) is 1. The van der Waals surface area contributed by atoms with Crippen LogP contribution in [0.3, 0.4) is 0 Å². The molecule has 1 aromatic heterocycles. The molecular weight excluding hydrogens is 408 g/mol. The molecule has 7 nitrogen and oxygen atoms in total. The van der Waals surface area contributed by atoms with Crippen LogP contribution in [0.1, 0.15) is 20.7 Å². The van der Waals surface area contributed by atoms with Gasteiger partial charge in [0.1, 0.15) is 22.8 Å². The molecule has 0 radical (unpaired) electrons. The highest BCUT2D eigenvalue weighted by molar-refractivity contribution is 6.04. The van der Waals surface area contributed by atoms with Gasteiger partial charge in [-0.05, 0) is 66.7 Å². The molecule has 1 heterocycles. The largest absolute Gasteiger partial charge is 0.497 e. The Bertz CT molecular complexity index is 1270. The standard InChI is InChI=1S/C25H20N2O5/c1-30-19-11-6-17(7-12-19)24(28)27-22-15-10-16-4-3-5-21(23(16)26-22)32-25(29)18-8-13-20(31-2)14-9-18/h3-15H,1-2H3,(H,26,27,28). The third kappa shape index (κ3) is 4.52. The van der Waals surface area contributed by atoms with Gasteiger partial charge in [-0.25, -0.2) is 9.78 Å². The van der Waals surface area contributed by atoms with E-state index in [2.05, 4.69) is 10.3 Å². The highest BCUT2D eigenvalue weighted by atomic mass is 16.5. The quantitative estimate of drug-likeness (QED) is 0.353. The summed E-state index contributed by atoms with van der Waals surface area (Å²) in [7, 11) is 3.12. The number of ether oxygens (including phenoxy) is 3. The van der Waals surface area contributed by atoms with E-state index in [0.717, 1.165) is 5.39 Å². The van der Waals surface area contributed by atoms with Crippen LogP contribution in [0.4, 0.5) is 5.82 Å². The minimum Gasteiger partial charge on any atom is -0.497 e. The summed E-state index contributed by atoms with van der Waals surface area (Å²) in [6.45, 7) is 0. The van der Waals surface area contributed by atoms with E-state index >= 15 is 0 Å². The minimum absolute atomic E-state index is 0.295. The maximum atomic E-state index is 12.6. The average molecular weight is 428 g/mol. The van der Waals surface area contributed by atoms with Crippen LogP contribution in [0.15, 0.2) is 78.9 Å². The molecule has 32 heavy (non-hydrogen) atoms. The number of rotatable bonds is 6. The lowest BCUT2D eigenvalue weighted by Crippen LogP contribution is -2.13. The second kappa shape index (κ2) is 9.18. The Balaban J connectivity index is 1.56. The van der Waals surface area contributed by atoms with Crippen LogP contribution in [-0.4, -0.2) is 31.1 Å². The van der Waals surface area contributed by atoms with E-state index in [1.807, 2.05) is 6.07 Å². The number of fused-ring (bicyclic) bond motifs is 1. The van der Waals surface area contributed by atoms with E-state index in [4.69, 9.17) is 14.2 Å². The lowest BCUT2D eigenvalue weighted by atomic mass is 10.2. The molecule has 0 atom stereocenters. The maximum Gasteiger partial charge on any atom is 0.343 e. The SMILES string of the molecule is COc1ccc(C(=O)Nc2ccc3cccc(OC(=O)c4ccc(OC)cc4)c3n2)cc1. The number of esters is 1. The third-order valence-corrected chi connectivity index (χ3v) is 4.81. The van der Waals surface area contributed by atoms with Gasteiger partial charge < -0.3 is 19.5 Å². The minimum atomic E-state index is -0.519. The number of amides is 1. The van der Waals surface area contributed by atoms with Gasteiger partial charge in [-0.1, -0.05) is 12.1 Å². The molecule has 0 saturated heterocycles. The number of para-hydroxylation sites is 1. The van der Waals surface area contributed by atoms with Crippen LogP contribution in [0.25, 0.3) is 10.9 Å². The topological polar surface area (TPSA) is 86.8 Å². The number of carbonyl (C=O) groups excluding carboxylic acids is 2. The molecule has 0 saturated carbocycles. The summed E-state index contributed by atoms with van der Waals surface area (Å²) in [4.78, 5) is 29.6. The van der Waals surface area contributed by atoms with E-state index in [1.165, 1.54) is 0 Å². The fourth-order valence-corrected chi connectivity index (χ4v) is 3.09. The maximum absolute atomic E-state index is 12.6. The monoisotopic (exact) mass is 428 g/mol. The smallest absolute Gasteiger partial charge is 0.343 e. The molecule has 0 unspecified atom stereocenters. The number of nitrogens with zero attached hydrogens (tertiary/aromatic N) is 1. The number of carbonyl (C=O) groups is 2. The zero-order valence-electron chi connectivity index (χ0n) is 17.5. The predicted octanol–water partition coefficient (Wildman–Crippen LogP) is 4.72. The van der Waals surface area contributed by atoms with Gasteiger partial charge >= 0.3 is 5.97 Å². The Morgan fingerprint density at radius 2 is 1.38 bits per heavy atom. The van der Waals surface area contributed by atoms with E-state index in [9.17, 15) is 9.59 Å². The Labute approximate surface area is 184 Å². The molecule has 7 heteroatoms. The van der Waals surface area contributed by atoms with E-state index in [-0.39, 0.29) is 5.91 Å². The van der Waals surface area contributed by atoms with Crippen LogP contribution in [-0.2, 0) is 0 Å². The molecule has 0 aliphatic heterocycles. The first-order valence-corrected chi connectivity index (χ1v) is 9.79. The predicted molar refractivity (Wildman–Crippen MR) is 121 cm³/mol. The van der Waals surface area contributed by atoms with Crippen LogP contribution in [0, 0.1) is 0 Å². The summed E-state index contributed by atoms with van der Waals surface area (Å²) in [6, 6.07) is 22.1. The summed E-state index contributed by atoms with van der Waals surface area (Å²) in [5.41, 5.74) is 1.31. The molecule has 0 aliphatic rings. The Morgan fingerprint density at radius 3 is 2.00 bits per heavy atom. The van der Waals surface area contributed by atoms with Crippen molar-refractivity contribution in [3.63, 3.8) is 0 Å². The van der Waals surface area contributed by atoms with Gasteiger partial charge in [-0.3, -0.25) is 4.79 Å². The molecule has 0 fully saturated rings. The van der Waals surface area contributed by atoms with Crippen LogP contribution < -0.4 is 19.5 Å². The molecule has 1 amide bonds. The van der Waals surface area contributed by atoms with E-state index < -0.39 is 5.97 Å². The van der Waals surface area contributed by atoms with Crippen molar-refractivity contribution in [3.8, 4) is 17.2 Å². The summed E-state index contributed by atoms with van der Waals surface area (Å²) >= 11 is 0. The van der Waals surface area contributed by atoms with Gasteiger partial charge in [0.05, 0.1) is 19.8 Å². The van der Waals surface area contributed by atoms with Gasteiger partial charge in [0.25, 0.3) is 5.91 Å². The Morgan fingerprint density at radius 1 is 0.750 bits per heavy atom. The van der Waals surface area contributed by atoms with Gasteiger partial charge in [0.2, 0.25) is 0 Å². The van der Waals surface area contributed by atoms with Crippen molar-refractivity contribution in [1.82, 2.24) is 4.98 Å². The summed E-state index contributed by atoms with van der Waals surface area (Å²) in [6.07, 6.45) is 0. The normalized spacial score (nSPS) is 10.4. The lowest BCUT2D eigenvalue weighted by molar-refractivity contribution is 0.0736. The molecule has 0 aliphatic carbocycles.